The first-order chi connectivity index (χ1) is 9.04. The summed E-state index contributed by atoms with van der Waals surface area (Å²) >= 11 is 3.59. The Labute approximate surface area is 122 Å². The van der Waals surface area contributed by atoms with Crippen molar-refractivity contribution >= 4 is 21.6 Å². The maximum absolute atomic E-state index is 9.02. The third-order valence-corrected chi connectivity index (χ3v) is 4.47. The van der Waals surface area contributed by atoms with Gasteiger partial charge in [-0.1, -0.05) is 12.1 Å². The number of benzene rings is 1. The Morgan fingerprint density at radius 3 is 2.74 bits per heavy atom. The third-order valence-electron chi connectivity index (χ3n) is 3.42. The summed E-state index contributed by atoms with van der Waals surface area (Å²) in [4.78, 5) is 0. The van der Waals surface area contributed by atoms with Crippen molar-refractivity contribution in [2.75, 3.05) is 5.32 Å². The molecule has 0 bridgehead atoms. The van der Waals surface area contributed by atoms with E-state index in [2.05, 4.69) is 40.3 Å². The van der Waals surface area contributed by atoms with Gasteiger partial charge in [0.15, 0.2) is 0 Å². The number of aryl methyl sites for hydroxylation is 1. The van der Waals surface area contributed by atoms with Crippen molar-refractivity contribution in [3.05, 3.63) is 51.3 Å². The number of hydrogen-bond donors (Lipinski definition) is 1. The van der Waals surface area contributed by atoms with E-state index < -0.39 is 0 Å². The average molecular weight is 318 g/mol. The van der Waals surface area contributed by atoms with Crippen LogP contribution in [0.1, 0.15) is 22.5 Å². The van der Waals surface area contributed by atoms with E-state index in [1.54, 1.807) is 0 Å². The van der Waals surface area contributed by atoms with E-state index >= 15 is 0 Å². The predicted molar refractivity (Wildman–Crippen MR) is 81.1 cm³/mol. The summed E-state index contributed by atoms with van der Waals surface area (Å²) in [7, 11) is 1.92. The van der Waals surface area contributed by atoms with E-state index in [0.717, 1.165) is 21.4 Å². The van der Waals surface area contributed by atoms with Crippen LogP contribution in [0.15, 0.2) is 28.7 Å². The van der Waals surface area contributed by atoms with Crippen molar-refractivity contribution in [2.24, 2.45) is 7.05 Å². The van der Waals surface area contributed by atoms with Crippen LogP contribution in [-0.4, -0.2) is 4.57 Å². The molecule has 0 saturated carbocycles. The van der Waals surface area contributed by atoms with Crippen LogP contribution >= 0.6 is 15.9 Å². The van der Waals surface area contributed by atoms with Crippen molar-refractivity contribution in [1.29, 1.82) is 5.26 Å². The Morgan fingerprint density at radius 1 is 1.37 bits per heavy atom. The first-order valence-corrected chi connectivity index (χ1v) is 6.88. The van der Waals surface area contributed by atoms with Crippen LogP contribution in [0.4, 0.5) is 5.69 Å². The monoisotopic (exact) mass is 317 g/mol. The molecule has 1 aromatic carbocycles. The van der Waals surface area contributed by atoms with E-state index in [0.29, 0.717) is 12.2 Å². The van der Waals surface area contributed by atoms with Crippen molar-refractivity contribution in [3.63, 3.8) is 0 Å². The molecule has 0 aliphatic carbocycles. The third kappa shape index (κ3) is 2.66. The Balaban J connectivity index is 2.20. The molecule has 1 heterocycles. The molecule has 0 saturated heterocycles. The summed E-state index contributed by atoms with van der Waals surface area (Å²) in [5.74, 6) is 0. The number of nitriles is 1. The Morgan fingerprint density at radius 2 is 2.11 bits per heavy atom. The number of aromatic nitrogens is 1. The van der Waals surface area contributed by atoms with Gasteiger partial charge in [-0.2, -0.15) is 5.26 Å². The molecule has 1 aromatic heterocycles. The molecule has 1 N–H and O–H groups in total. The summed E-state index contributed by atoms with van der Waals surface area (Å²) in [6.45, 7) is 4.81. The second-order valence-electron chi connectivity index (χ2n) is 4.60. The lowest BCUT2D eigenvalue weighted by Gasteiger charge is -2.10. The lowest BCUT2D eigenvalue weighted by atomic mass is 10.2. The lowest BCUT2D eigenvalue weighted by molar-refractivity contribution is 0.856. The number of hydrogen-bond acceptors (Lipinski definition) is 2. The molecule has 0 atom stereocenters. The van der Waals surface area contributed by atoms with Gasteiger partial charge >= 0.3 is 0 Å². The molecule has 0 aliphatic heterocycles. The van der Waals surface area contributed by atoms with Crippen LogP contribution in [0.2, 0.25) is 0 Å². The van der Waals surface area contributed by atoms with Gasteiger partial charge in [-0.25, -0.2) is 0 Å². The Hall–Kier alpha value is -1.73. The summed E-state index contributed by atoms with van der Waals surface area (Å²) in [6, 6.07) is 10.3. The molecule has 0 aliphatic rings. The fraction of sp³-hybridized carbons (Fsp3) is 0.267. The minimum Gasteiger partial charge on any atom is -0.380 e. The molecule has 0 amide bonds. The Kier molecular flexibility index (Phi) is 3.96. The highest BCUT2D eigenvalue weighted by molar-refractivity contribution is 9.10. The molecule has 0 spiro atoms. The van der Waals surface area contributed by atoms with Crippen LogP contribution < -0.4 is 5.32 Å². The van der Waals surface area contributed by atoms with Gasteiger partial charge < -0.3 is 9.88 Å². The molecular weight excluding hydrogens is 302 g/mol. The zero-order chi connectivity index (χ0) is 14.0. The zero-order valence-corrected chi connectivity index (χ0v) is 12.9. The van der Waals surface area contributed by atoms with Gasteiger partial charge in [-0.05, 0) is 53.0 Å². The fourth-order valence-electron chi connectivity index (χ4n) is 2.02. The van der Waals surface area contributed by atoms with Gasteiger partial charge in [0.2, 0.25) is 0 Å². The van der Waals surface area contributed by atoms with E-state index in [9.17, 15) is 0 Å². The minimum atomic E-state index is 0.692. The van der Waals surface area contributed by atoms with Crippen LogP contribution in [0.5, 0.6) is 0 Å². The Bertz CT molecular complexity index is 650. The van der Waals surface area contributed by atoms with Gasteiger partial charge in [-0.15, -0.1) is 0 Å². The first kappa shape index (κ1) is 13.7. The van der Waals surface area contributed by atoms with E-state index in [4.69, 9.17) is 5.26 Å². The number of nitrogens with zero attached hydrogens (tertiary/aromatic N) is 2. The smallest absolute Gasteiger partial charge is 0.120 e. The lowest BCUT2D eigenvalue weighted by Crippen LogP contribution is -2.02. The van der Waals surface area contributed by atoms with E-state index in [1.807, 2.05) is 36.7 Å². The fourth-order valence-corrected chi connectivity index (χ4v) is 2.43. The highest BCUT2D eigenvalue weighted by atomic mass is 79.9. The van der Waals surface area contributed by atoms with Crippen molar-refractivity contribution in [1.82, 2.24) is 4.57 Å². The van der Waals surface area contributed by atoms with Crippen molar-refractivity contribution < 1.29 is 0 Å². The summed E-state index contributed by atoms with van der Waals surface area (Å²) < 4.78 is 3.01. The molecule has 2 rings (SSSR count). The highest BCUT2D eigenvalue weighted by Gasteiger charge is 2.09. The van der Waals surface area contributed by atoms with E-state index in [-0.39, 0.29) is 0 Å². The van der Waals surface area contributed by atoms with Crippen LogP contribution in [0, 0.1) is 25.2 Å². The maximum atomic E-state index is 9.02. The average Bonchev–Trinajstić information content (AvgIpc) is 2.68. The van der Waals surface area contributed by atoms with Gasteiger partial charge in [0.05, 0.1) is 0 Å². The molecule has 3 nitrogen and oxygen atoms in total. The predicted octanol–water partition coefficient (Wildman–Crippen LogP) is 3.89. The van der Waals surface area contributed by atoms with Gasteiger partial charge in [0.25, 0.3) is 0 Å². The molecular formula is C15H16BrN3. The van der Waals surface area contributed by atoms with Crippen LogP contribution in [-0.2, 0) is 13.6 Å². The highest BCUT2D eigenvalue weighted by Crippen LogP contribution is 2.26. The van der Waals surface area contributed by atoms with Crippen LogP contribution in [0.25, 0.3) is 0 Å². The maximum Gasteiger partial charge on any atom is 0.120 e. The van der Waals surface area contributed by atoms with E-state index in [1.165, 1.54) is 5.56 Å². The quantitative estimate of drug-likeness (QED) is 0.933. The second kappa shape index (κ2) is 5.50. The standard InChI is InChI=1S/C15H16BrN3/c1-10-5-4-6-14(15(10)16)18-9-12-7-13(8-17)19(3)11(12)2/h4-7,18H,9H2,1-3H3. The minimum absolute atomic E-state index is 0.692. The molecule has 0 radical (unpaired) electrons. The molecule has 98 valence electrons. The molecule has 0 unspecified atom stereocenters. The number of halogens is 1. The largest absolute Gasteiger partial charge is 0.380 e. The molecule has 4 heteroatoms. The molecule has 2 aromatic rings. The summed E-state index contributed by atoms with van der Waals surface area (Å²) in [5.41, 5.74) is 5.23. The number of nitrogens with one attached hydrogen (secondary N) is 1. The van der Waals surface area contributed by atoms with Gasteiger partial charge in [0.1, 0.15) is 11.8 Å². The molecule has 19 heavy (non-hydrogen) atoms. The topological polar surface area (TPSA) is 40.8 Å². The van der Waals surface area contributed by atoms with Crippen molar-refractivity contribution in [2.45, 2.75) is 20.4 Å². The molecule has 0 fully saturated rings. The van der Waals surface area contributed by atoms with Gasteiger partial charge in [-0.3, -0.25) is 0 Å². The van der Waals surface area contributed by atoms with Crippen molar-refractivity contribution in [3.8, 4) is 6.07 Å². The summed E-state index contributed by atoms with van der Waals surface area (Å²) in [5, 5.41) is 12.4. The summed E-state index contributed by atoms with van der Waals surface area (Å²) in [6.07, 6.45) is 0. The zero-order valence-electron chi connectivity index (χ0n) is 11.3. The first-order valence-electron chi connectivity index (χ1n) is 6.09. The van der Waals surface area contributed by atoms with Gasteiger partial charge in [0, 0.05) is 29.4 Å². The second-order valence-corrected chi connectivity index (χ2v) is 5.39. The van der Waals surface area contributed by atoms with Crippen LogP contribution in [0.3, 0.4) is 0 Å². The number of anilines is 1. The SMILES string of the molecule is Cc1cccc(NCc2cc(C#N)n(C)c2C)c1Br. The number of rotatable bonds is 3. The normalized spacial score (nSPS) is 10.3.